The van der Waals surface area contributed by atoms with Gasteiger partial charge in [0.25, 0.3) is 0 Å². The number of hydrogen-bond acceptors (Lipinski definition) is 4. The van der Waals surface area contributed by atoms with Crippen LogP contribution in [0.15, 0.2) is 12.1 Å². The lowest BCUT2D eigenvalue weighted by Gasteiger charge is -2.10. The Bertz CT molecular complexity index is 362. The van der Waals surface area contributed by atoms with Gasteiger partial charge in [0.1, 0.15) is 5.82 Å². The van der Waals surface area contributed by atoms with Crippen LogP contribution in [0.2, 0.25) is 0 Å². The van der Waals surface area contributed by atoms with Gasteiger partial charge in [-0.05, 0) is 12.5 Å². The molecule has 0 atom stereocenters. The number of benzene rings is 1. The smallest absolute Gasteiger partial charge is 0.151 e. The third-order valence-corrected chi connectivity index (χ3v) is 2.11. The fourth-order valence-corrected chi connectivity index (χ4v) is 1.29. The molecule has 1 rings (SSSR count). The van der Waals surface area contributed by atoms with Crippen molar-refractivity contribution in [2.75, 3.05) is 37.4 Å². The van der Waals surface area contributed by atoms with E-state index in [-0.39, 0.29) is 24.6 Å². The zero-order valence-electron chi connectivity index (χ0n) is 9.38. The molecule has 0 radical (unpaired) electrons. The van der Waals surface area contributed by atoms with Crippen LogP contribution in [-0.4, -0.2) is 31.5 Å². The lowest BCUT2D eigenvalue weighted by molar-refractivity contribution is 0.0922. The fourth-order valence-electron chi connectivity index (χ4n) is 1.29. The number of aliphatic hydroxyl groups excluding tert-OH is 1. The van der Waals surface area contributed by atoms with Gasteiger partial charge in [0, 0.05) is 19.2 Å². The van der Waals surface area contributed by atoms with Crippen LogP contribution in [0.1, 0.15) is 6.42 Å². The second kappa shape index (κ2) is 7.03. The van der Waals surface area contributed by atoms with E-state index in [0.717, 1.165) is 12.1 Å². The molecule has 1 aromatic rings. The Morgan fingerprint density at radius 3 is 2.76 bits per heavy atom. The van der Waals surface area contributed by atoms with Gasteiger partial charge in [-0.3, -0.25) is 0 Å². The van der Waals surface area contributed by atoms with E-state index in [9.17, 15) is 8.78 Å². The fraction of sp³-hybridized carbons (Fsp3) is 0.455. The second-order valence-corrected chi connectivity index (χ2v) is 3.47. The van der Waals surface area contributed by atoms with Crippen LogP contribution in [-0.2, 0) is 4.74 Å². The minimum atomic E-state index is -0.774. The number of nitrogens with two attached hydrogens (primary N) is 1. The Morgan fingerprint density at radius 2 is 2.06 bits per heavy atom. The van der Waals surface area contributed by atoms with Crippen molar-refractivity contribution in [1.82, 2.24) is 0 Å². The Kier molecular flexibility index (Phi) is 5.65. The molecule has 0 aliphatic carbocycles. The first-order chi connectivity index (χ1) is 8.15. The average molecular weight is 246 g/mol. The maximum atomic E-state index is 13.1. The van der Waals surface area contributed by atoms with Gasteiger partial charge in [0.05, 0.1) is 24.6 Å². The van der Waals surface area contributed by atoms with E-state index >= 15 is 0 Å². The van der Waals surface area contributed by atoms with Gasteiger partial charge in [0.2, 0.25) is 0 Å². The first-order valence-corrected chi connectivity index (χ1v) is 5.32. The Labute approximate surface area is 98.4 Å². The molecule has 0 unspecified atom stereocenters. The van der Waals surface area contributed by atoms with Gasteiger partial charge < -0.3 is 20.9 Å². The summed E-state index contributed by atoms with van der Waals surface area (Å²) in [7, 11) is 0. The van der Waals surface area contributed by atoms with Crippen molar-refractivity contribution >= 4 is 11.4 Å². The molecule has 17 heavy (non-hydrogen) atoms. The molecular weight excluding hydrogens is 230 g/mol. The average Bonchev–Trinajstić information content (AvgIpc) is 2.29. The molecule has 0 bridgehead atoms. The molecule has 0 aliphatic rings. The van der Waals surface area contributed by atoms with Gasteiger partial charge in [0.15, 0.2) is 5.82 Å². The highest BCUT2D eigenvalue weighted by Crippen LogP contribution is 2.23. The second-order valence-electron chi connectivity index (χ2n) is 3.47. The molecule has 96 valence electrons. The van der Waals surface area contributed by atoms with Crippen molar-refractivity contribution < 1.29 is 18.6 Å². The number of halogens is 2. The Morgan fingerprint density at radius 1 is 1.29 bits per heavy atom. The molecule has 0 aromatic heterocycles. The van der Waals surface area contributed by atoms with E-state index in [1.165, 1.54) is 0 Å². The van der Waals surface area contributed by atoms with E-state index in [0.29, 0.717) is 19.6 Å². The van der Waals surface area contributed by atoms with Crippen LogP contribution in [0.5, 0.6) is 0 Å². The van der Waals surface area contributed by atoms with Gasteiger partial charge in [-0.25, -0.2) is 8.78 Å². The maximum Gasteiger partial charge on any atom is 0.151 e. The molecule has 0 amide bonds. The van der Waals surface area contributed by atoms with Crippen molar-refractivity contribution in [2.45, 2.75) is 6.42 Å². The lowest BCUT2D eigenvalue weighted by Crippen LogP contribution is -2.09. The van der Waals surface area contributed by atoms with Crippen molar-refractivity contribution in [3.8, 4) is 0 Å². The summed E-state index contributed by atoms with van der Waals surface area (Å²) in [5.41, 5.74) is 5.59. The van der Waals surface area contributed by atoms with Crippen LogP contribution in [0.25, 0.3) is 0 Å². The first-order valence-electron chi connectivity index (χ1n) is 5.32. The highest BCUT2D eigenvalue weighted by molar-refractivity contribution is 5.66. The van der Waals surface area contributed by atoms with E-state index < -0.39 is 11.6 Å². The van der Waals surface area contributed by atoms with Crippen LogP contribution in [0, 0.1) is 11.6 Å². The van der Waals surface area contributed by atoms with Crippen molar-refractivity contribution in [3.63, 3.8) is 0 Å². The molecule has 4 N–H and O–H groups in total. The molecule has 0 heterocycles. The third-order valence-electron chi connectivity index (χ3n) is 2.11. The van der Waals surface area contributed by atoms with E-state index in [1.807, 2.05) is 0 Å². The summed E-state index contributed by atoms with van der Waals surface area (Å²) in [6.07, 6.45) is 0.650. The lowest BCUT2D eigenvalue weighted by atomic mass is 10.2. The summed E-state index contributed by atoms with van der Waals surface area (Å²) >= 11 is 0. The number of anilines is 2. The summed E-state index contributed by atoms with van der Waals surface area (Å²) in [6.45, 7) is 1.22. The molecule has 0 aliphatic heterocycles. The third kappa shape index (κ3) is 4.54. The predicted molar refractivity (Wildman–Crippen MR) is 61.8 cm³/mol. The first kappa shape index (κ1) is 13.7. The summed E-state index contributed by atoms with van der Waals surface area (Å²) in [5.74, 6) is -1.44. The van der Waals surface area contributed by atoms with E-state index in [4.69, 9.17) is 15.6 Å². The van der Waals surface area contributed by atoms with Crippen molar-refractivity contribution in [2.24, 2.45) is 0 Å². The van der Waals surface area contributed by atoms with Gasteiger partial charge >= 0.3 is 0 Å². The summed E-state index contributed by atoms with van der Waals surface area (Å²) in [6, 6.07) is 1.89. The van der Waals surface area contributed by atoms with Gasteiger partial charge in [-0.15, -0.1) is 0 Å². The minimum absolute atomic E-state index is 0.0184. The number of aliphatic hydroxyl groups is 1. The number of rotatable bonds is 7. The topological polar surface area (TPSA) is 67.5 Å². The predicted octanol–water partition coefficient (Wildman–Crippen LogP) is 1.36. The van der Waals surface area contributed by atoms with Gasteiger partial charge in [-0.1, -0.05) is 0 Å². The van der Waals surface area contributed by atoms with Crippen molar-refractivity contribution in [1.29, 1.82) is 0 Å². The molecule has 0 saturated carbocycles. The Hall–Kier alpha value is -1.40. The molecule has 6 heteroatoms. The minimum Gasteiger partial charge on any atom is -0.395 e. The standard InChI is InChI=1S/C11H16F2N2O2/c12-8-6-9(13)11(14)10(7-8)15-2-1-4-17-5-3-16/h6-7,15-16H,1-5,14H2. The summed E-state index contributed by atoms with van der Waals surface area (Å²) in [5, 5.41) is 11.3. The van der Waals surface area contributed by atoms with Crippen LogP contribution in [0.3, 0.4) is 0 Å². The maximum absolute atomic E-state index is 13.1. The number of ether oxygens (including phenoxy) is 1. The molecule has 1 aromatic carbocycles. The van der Waals surface area contributed by atoms with E-state index in [2.05, 4.69) is 5.32 Å². The van der Waals surface area contributed by atoms with Crippen molar-refractivity contribution in [3.05, 3.63) is 23.8 Å². The zero-order chi connectivity index (χ0) is 12.7. The SMILES string of the molecule is Nc1c(F)cc(F)cc1NCCCOCCO. The molecule has 4 nitrogen and oxygen atoms in total. The molecule has 0 spiro atoms. The summed E-state index contributed by atoms with van der Waals surface area (Å²) < 4.78 is 31.0. The van der Waals surface area contributed by atoms with Crippen LogP contribution < -0.4 is 11.1 Å². The largest absolute Gasteiger partial charge is 0.395 e. The monoisotopic (exact) mass is 246 g/mol. The molecule has 0 fully saturated rings. The molecule has 0 saturated heterocycles. The normalized spacial score (nSPS) is 10.5. The number of nitrogen functional groups attached to an aromatic ring is 1. The zero-order valence-corrected chi connectivity index (χ0v) is 9.38. The van der Waals surface area contributed by atoms with Crippen LogP contribution >= 0.6 is 0 Å². The quantitative estimate of drug-likeness (QED) is 0.502. The number of hydrogen-bond donors (Lipinski definition) is 3. The van der Waals surface area contributed by atoms with Crippen LogP contribution in [0.4, 0.5) is 20.2 Å². The highest BCUT2D eigenvalue weighted by Gasteiger charge is 2.07. The Balaban J connectivity index is 2.36. The highest BCUT2D eigenvalue weighted by atomic mass is 19.1. The van der Waals surface area contributed by atoms with Gasteiger partial charge in [-0.2, -0.15) is 0 Å². The molecular formula is C11H16F2N2O2. The van der Waals surface area contributed by atoms with E-state index in [1.54, 1.807) is 0 Å². The summed E-state index contributed by atoms with van der Waals surface area (Å²) in [4.78, 5) is 0. The number of nitrogens with one attached hydrogen (secondary N) is 1.